The quantitative estimate of drug-likeness (QED) is 0.427. The molecule has 33 heavy (non-hydrogen) atoms. The van der Waals surface area contributed by atoms with Crippen LogP contribution in [0.3, 0.4) is 0 Å². The van der Waals surface area contributed by atoms with Crippen LogP contribution in [-0.2, 0) is 7.05 Å². The number of aromatic nitrogens is 3. The zero-order chi connectivity index (χ0) is 24.3. The van der Waals surface area contributed by atoms with E-state index in [1.54, 1.807) is 4.68 Å². The van der Waals surface area contributed by atoms with E-state index in [9.17, 15) is 0 Å². The molecule has 0 atom stereocenters. The lowest BCUT2D eigenvalue weighted by atomic mass is 9.34. The molecule has 170 valence electrons. The third-order valence-electron chi connectivity index (χ3n) is 6.17. The van der Waals surface area contributed by atoms with Crippen molar-refractivity contribution < 1.29 is 0 Å². The highest BCUT2D eigenvalue weighted by molar-refractivity contribution is 6.96. The summed E-state index contributed by atoms with van der Waals surface area (Å²) in [5, 5.41) is 8.46. The maximum Gasteiger partial charge on any atom is 0.242 e. The summed E-state index contributed by atoms with van der Waals surface area (Å²) in [4.78, 5) is 0. The van der Waals surface area contributed by atoms with E-state index in [0.29, 0.717) is 0 Å². The fourth-order valence-corrected chi connectivity index (χ4v) is 5.13. The van der Waals surface area contributed by atoms with Crippen molar-refractivity contribution in [2.75, 3.05) is 0 Å². The summed E-state index contributed by atoms with van der Waals surface area (Å²) in [5.74, 6) is 0. The lowest BCUT2D eigenvalue weighted by Crippen LogP contribution is -2.55. The van der Waals surface area contributed by atoms with Crippen molar-refractivity contribution in [2.24, 2.45) is 7.05 Å². The van der Waals surface area contributed by atoms with Gasteiger partial charge in [-0.15, -0.1) is 5.10 Å². The highest BCUT2D eigenvalue weighted by Crippen LogP contribution is 2.17. The van der Waals surface area contributed by atoms with Gasteiger partial charge in [0, 0.05) is 12.6 Å². The highest BCUT2D eigenvalue weighted by atomic mass is 15.4. The van der Waals surface area contributed by atoms with Crippen molar-refractivity contribution in [3.63, 3.8) is 0 Å². The molecule has 3 aromatic carbocycles. The Morgan fingerprint density at radius 2 is 1.18 bits per heavy atom. The number of hydrogen-bond donors (Lipinski definition) is 0. The lowest BCUT2D eigenvalue weighted by molar-refractivity contribution is 0.715. The molecule has 0 aliphatic heterocycles. The fraction of sp³-hybridized carbons (Fsp3) is 0.310. The maximum atomic E-state index is 4.34. The Bertz CT molecular complexity index is 1170. The predicted molar refractivity (Wildman–Crippen MR) is 144 cm³/mol. The van der Waals surface area contributed by atoms with Gasteiger partial charge in [-0.1, -0.05) is 117 Å². The van der Waals surface area contributed by atoms with Crippen molar-refractivity contribution >= 4 is 23.1 Å². The second kappa shape index (κ2) is 10.2. The minimum absolute atomic E-state index is 0.165. The third-order valence-corrected chi connectivity index (χ3v) is 6.17. The molecule has 0 unspecified atom stereocenters. The molecule has 0 amide bonds. The smallest absolute Gasteiger partial charge is 0.242 e. The van der Waals surface area contributed by atoms with Crippen LogP contribution >= 0.6 is 0 Å². The minimum atomic E-state index is 0.165. The summed E-state index contributed by atoms with van der Waals surface area (Å²) in [6.45, 7) is 17.5. The Morgan fingerprint density at radius 3 is 1.61 bits per heavy atom. The van der Waals surface area contributed by atoms with Gasteiger partial charge in [-0.3, -0.25) is 4.68 Å². The molecule has 1 heterocycles. The first-order valence-corrected chi connectivity index (χ1v) is 11.9. The van der Waals surface area contributed by atoms with Crippen LogP contribution < -0.4 is 16.4 Å². The van der Waals surface area contributed by atoms with Crippen LogP contribution in [-0.4, -0.2) is 21.7 Å². The average Bonchev–Trinajstić information content (AvgIpc) is 3.19. The molecule has 4 heteroatoms. The Kier molecular flexibility index (Phi) is 7.58. The Morgan fingerprint density at radius 1 is 0.697 bits per heavy atom. The van der Waals surface area contributed by atoms with Gasteiger partial charge >= 0.3 is 0 Å². The van der Waals surface area contributed by atoms with E-state index in [-0.39, 0.29) is 6.71 Å². The molecule has 0 aliphatic carbocycles. The van der Waals surface area contributed by atoms with E-state index in [2.05, 4.69) is 100 Å². The van der Waals surface area contributed by atoms with Crippen LogP contribution in [0.4, 0.5) is 0 Å². The first-order valence-electron chi connectivity index (χ1n) is 11.9. The molecule has 0 bridgehead atoms. The molecular formula is C29H36BN3. The van der Waals surface area contributed by atoms with Crippen molar-refractivity contribution in [3.05, 3.63) is 88.1 Å². The topological polar surface area (TPSA) is 30.7 Å². The SMILES string of the molecule is CC.Cc1cc(C)c(B(c2cccc(-c3cn(C)nn3)c2)c2c(C)cc(C)cc2C)c(C)c1. The number of nitrogens with zero attached hydrogens (tertiary/aromatic N) is 3. The molecule has 0 N–H and O–H groups in total. The van der Waals surface area contributed by atoms with Gasteiger partial charge in [-0.25, -0.2) is 0 Å². The molecule has 4 rings (SSSR count). The molecule has 1 aromatic heterocycles. The van der Waals surface area contributed by atoms with Crippen molar-refractivity contribution in [1.82, 2.24) is 15.0 Å². The van der Waals surface area contributed by atoms with Gasteiger partial charge in [0.1, 0.15) is 5.69 Å². The molecule has 3 nitrogen and oxygen atoms in total. The van der Waals surface area contributed by atoms with E-state index in [1.807, 2.05) is 27.1 Å². The summed E-state index contributed by atoms with van der Waals surface area (Å²) in [6, 6.07) is 18.0. The van der Waals surface area contributed by atoms with Gasteiger partial charge in [0.15, 0.2) is 0 Å². The average molecular weight is 437 g/mol. The second-order valence-corrected chi connectivity index (χ2v) is 8.96. The first-order chi connectivity index (χ1) is 15.7. The molecule has 4 aromatic rings. The number of hydrogen-bond acceptors (Lipinski definition) is 2. The van der Waals surface area contributed by atoms with Crippen LogP contribution in [0.25, 0.3) is 11.3 Å². The van der Waals surface area contributed by atoms with Crippen LogP contribution in [0.1, 0.15) is 47.2 Å². The Balaban J connectivity index is 0.00000149. The third kappa shape index (κ3) is 5.11. The van der Waals surface area contributed by atoms with Gasteiger partial charge in [-0.05, 0) is 41.5 Å². The van der Waals surface area contributed by atoms with Gasteiger partial charge in [0.05, 0.1) is 6.20 Å². The predicted octanol–water partition coefficient (Wildman–Crippen LogP) is 4.88. The number of rotatable bonds is 4. The van der Waals surface area contributed by atoms with E-state index < -0.39 is 0 Å². The normalized spacial score (nSPS) is 10.6. The summed E-state index contributed by atoms with van der Waals surface area (Å²) < 4.78 is 1.75. The van der Waals surface area contributed by atoms with Gasteiger partial charge < -0.3 is 0 Å². The lowest BCUT2D eigenvalue weighted by Gasteiger charge is -2.25. The highest BCUT2D eigenvalue weighted by Gasteiger charge is 2.28. The van der Waals surface area contributed by atoms with E-state index in [1.165, 1.54) is 49.8 Å². The van der Waals surface area contributed by atoms with E-state index in [4.69, 9.17) is 0 Å². The molecule has 0 radical (unpaired) electrons. The molecule has 0 saturated heterocycles. The van der Waals surface area contributed by atoms with E-state index in [0.717, 1.165) is 11.3 Å². The number of aryl methyl sites for hydroxylation is 7. The zero-order valence-corrected chi connectivity index (χ0v) is 21.6. The first kappa shape index (κ1) is 24.5. The number of benzene rings is 3. The standard InChI is InChI=1S/C27H30BN3.C2H6/c1-17-11-19(3)26(20(4)12-17)28(27-21(5)13-18(2)14-22(27)6)24-10-8-9-23(15-24)25-16-31(7)30-29-25;1-2/h8-16H,1-7H3;1-2H3. The summed E-state index contributed by atoms with van der Waals surface area (Å²) in [7, 11) is 1.90. The summed E-state index contributed by atoms with van der Waals surface area (Å²) in [6.07, 6.45) is 1.97. The van der Waals surface area contributed by atoms with Crippen molar-refractivity contribution in [3.8, 4) is 11.3 Å². The fourth-order valence-electron chi connectivity index (χ4n) is 5.13. The molecule has 0 aliphatic rings. The monoisotopic (exact) mass is 437 g/mol. The summed E-state index contributed by atoms with van der Waals surface area (Å²) >= 11 is 0. The molecule has 0 fully saturated rings. The zero-order valence-electron chi connectivity index (χ0n) is 21.6. The van der Waals surface area contributed by atoms with E-state index >= 15 is 0 Å². The summed E-state index contributed by atoms with van der Waals surface area (Å²) in [5.41, 5.74) is 14.1. The molecule has 0 spiro atoms. The molecular weight excluding hydrogens is 401 g/mol. The van der Waals surface area contributed by atoms with Gasteiger partial charge in [0.2, 0.25) is 6.71 Å². The van der Waals surface area contributed by atoms with Gasteiger partial charge in [-0.2, -0.15) is 0 Å². The van der Waals surface area contributed by atoms with Crippen LogP contribution in [0, 0.1) is 41.5 Å². The Hall–Kier alpha value is -3.14. The van der Waals surface area contributed by atoms with Crippen LogP contribution in [0.5, 0.6) is 0 Å². The van der Waals surface area contributed by atoms with Crippen molar-refractivity contribution in [1.29, 1.82) is 0 Å². The van der Waals surface area contributed by atoms with Crippen LogP contribution in [0.2, 0.25) is 0 Å². The minimum Gasteiger partial charge on any atom is -0.255 e. The van der Waals surface area contributed by atoms with Crippen LogP contribution in [0.15, 0.2) is 54.7 Å². The largest absolute Gasteiger partial charge is 0.255 e. The van der Waals surface area contributed by atoms with Crippen molar-refractivity contribution in [2.45, 2.75) is 55.4 Å². The molecule has 0 saturated carbocycles. The second-order valence-electron chi connectivity index (χ2n) is 8.96. The Labute approximate surface area is 200 Å². The van der Waals surface area contributed by atoms with Gasteiger partial charge in [0.25, 0.3) is 0 Å². The maximum absolute atomic E-state index is 4.34.